The van der Waals surface area contributed by atoms with Crippen molar-refractivity contribution in [3.8, 4) is 0 Å². The second-order valence-electron chi connectivity index (χ2n) is 9.33. The van der Waals surface area contributed by atoms with Gasteiger partial charge in [0.1, 0.15) is 0 Å². The van der Waals surface area contributed by atoms with E-state index in [1.165, 1.54) is 5.56 Å². The molecule has 1 aromatic carbocycles. The first-order valence-electron chi connectivity index (χ1n) is 11.3. The van der Waals surface area contributed by atoms with Crippen LogP contribution in [-0.4, -0.2) is 35.1 Å². The van der Waals surface area contributed by atoms with E-state index in [1.54, 1.807) is 6.20 Å². The van der Waals surface area contributed by atoms with Crippen LogP contribution in [0.25, 0.3) is 10.9 Å². The largest absolute Gasteiger partial charge is 0.322 e. The molecule has 3 heterocycles. The minimum absolute atomic E-state index is 0.0737. The SMILES string of the molecule is CCC(C)(C)n1nnnc1CN(Cc1cccnc1)Cc1cc2cc(C)c(C)cc2[nH]c1=O. The molecule has 8 heteroatoms. The number of tetrazole rings is 1. The molecular weight excluding hydrogens is 414 g/mol. The van der Waals surface area contributed by atoms with Crippen LogP contribution in [0, 0.1) is 13.8 Å². The van der Waals surface area contributed by atoms with Gasteiger partial charge in [-0.2, -0.15) is 0 Å². The number of benzene rings is 1. The summed E-state index contributed by atoms with van der Waals surface area (Å²) >= 11 is 0. The highest BCUT2D eigenvalue weighted by Crippen LogP contribution is 2.22. The molecule has 3 aromatic heterocycles. The van der Waals surface area contributed by atoms with Crippen molar-refractivity contribution in [1.29, 1.82) is 0 Å². The number of nitrogens with one attached hydrogen (secondary N) is 1. The van der Waals surface area contributed by atoms with Crippen LogP contribution in [0.1, 0.15) is 55.3 Å². The number of rotatable bonds is 8. The third-order valence-corrected chi connectivity index (χ3v) is 6.40. The van der Waals surface area contributed by atoms with Crippen molar-refractivity contribution in [2.75, 3.05) is 0 Å². The minimum atomic E-state index is -0.200. The van der Waals surface area contributed by atoms with Crippen LogP contribution < -0.4 is 5.56 Å². The molecule has 0 amide bonds. The van der Waals surface area contributed by atoms with E-state index in [9.17, 15) is 4.79 Å². The Kier molecular flexibility index (Phi) is 6.37. The summed E-state index contributed by atoms with van der Waals surface area (Å²) in [5.41, 5.74) is 4.73. The molecule has 8 nitrogen and oxygen atoms in total. The van der Waals surface area contributed by atoms with E-state index in [0.29, 0.717) is 25.2 Å². The fraction of sp³-hybridized carbons (Fsp3) is 0.400. The lowest BCUT2D eigenvalue weighted by molar-refractivity contribution is 0.216. The van der Waals surface area contributed by atoms with Gasteiger partial charge in [-0.15, -0.1) is 5.10 Å². The average molecular weight is 446 g/mol. The quantitative estimate of drug-likeness (QED) is 0.443. The molecule has 1 N–H and O–H groups in total. The van der Waals surface area contributed by atoms with Crippen LogP contribution in [0.4, 0.5) is 0 Å². The number of aromatic nitrogens is 6. The molecule has 0 aliphatic carbocycles. The van der Waals surface area contributed by atoms with E-state index in [2.05, 4.69) is 71.1 Å². The van der Waals surface area contributed by atoms with E-state index in [1.807, 2.05) is 35.1 Å². The monoisotopic (exact) mass is 445 g/mol. The molecule has 0 saturated carbocycles. The van der Waals surface area contributed by atoms with Gasteiger partial charge in [0.25, 0.3) is 5.56 Å². The Bertz CT molecular complexity index is 1310. The first-order chi connectivity index (χ1) is 15.8. The molecule has 0 saturated heterocycles. The molecule has 0 radical (unpaired) electrons. The van der Waals surface area contributed by atoms with Gasteiger partial charge in [-0.3, -0.25) is 14.7 Å². The summed E-state index contributed by atoms with van der Waals surface area (Å²) < 4.78 is 1.89. The fourth-order valence-corrected chi connectivity index (χ4v) is 3.92. The Balaban J connectivity index is 1.69. The van der Waals surface area contributed by atoms with E-state index in [-0.39, 0.29) is 11.1 Å². The Morgan fingerprint density at radius 2 is 1.88 bits per heavy atom. The molecule has 0 spiro atoms. The molecular formula is C25H31N7O. The fourth-order valence-electron chi connectivity index (χ4n) is 3.92. The zero-order valence-electron chi connectivity index (χ0n) is 20.0. The van der Waals surface area contributed by atoms with Crippen molar-refractivity contribution >= 4 is 10.9 Å². The van der Waals surface area contributed by atoms with Crippen LogP contribution in [-0.2, 0) is 25.2 Å². The topological polar surface area (TPSA) is 92.6 Å². The van der Waals surface area contributed by atoms with Gasteiger partial charge in [-0.25, -0.2) is 4.68 Å². The smallest absolute Gasteiger partial charge is 0.252 e. The molecule has 4 rings (SSSR count). The number of hydrogen-bond donors (Lipinski definition) is 1. The number of aromatic amines is 1. The normalized spacial score (nSPS) is 12.1. The molecule has 172 valence electrons. The highest BCUT2D eigenvalue weighted by Gasteiger charge is 2.25. The molecule has 0 bridgehead atoms. The minimum Gasteiger partial charge on any atom is -0.322 e. The van der Waals surface area contributed by atoms with Gasteiger partial charge in [-0.05, 0) is 90.9 Å². The first kappa shape index (κ1) is 22.8. The number of nitrogens with zero attached hydrogens (tertiary/aromatic N) is 6. The van der Waals surface area contributed by atoms with E-state index < -0.39 is 0 Å². The number of hydrogen-bond acceptors (Lipinski definition) is 6. The van der Waals surface area contributed by atoms with Crippen molar-refractivity contribution in [2.45, 2.75) is 66.2 Å². The van der Waals surface area contributed by atoms with E-state index in [4.69, 9.17) is 0 Å². The molecule has 0 fully saturated rings. The highest BCUT2D eigenvalue weighted by atomic mass is 16.1. The number of H-pyrrole nitrogens is 1. The summed E-state index contributed by atoms with van der Waals surface area (Å²) in [6, 6.07) is 10.1. The van der Waals surface area contributed by atoms with Crippen LogP contribution in [0.2, 0.25) is 0 Å². The summed E-state index contributed by atoms with van der Waals surface area (Å²) in [6.45, 7) is 12.1. The molecule has 0 aliphatic heterocycles. The molecule has 0 atom stereocenters. The Morgan fingerprint density at radius 1 is 1.09 bits per heavy atom. The summed E-state index contributed by atoms with van der Waals surface area (Å²) in [4.78, 5) is 22.4. The Morgan fingerprint density at radius 3 is 2.61 bits per heavy atom. The highest BCUT2D eigenvalue weighted by molar-refractivity contribution is 5.80. The Hall–Kier alpha value is -3.39. The van der Waals surface area contributed by atoms with Gasteiger partial charge in [0.15, 0.2) is 5.82 Å². The second-order valence-corrected chi connectivity index (χ2v) is 9.33. The number of pyridine rings is 2. The van der Waals surface area contributed by atoms with E-state index >= 15 is 0 Å². The zero-order valence-corrected chi connectivity index (χ0v) is 20.0. The predicted molar refractivity (Wildman–Crippen MR) is 129 cm³/mol. The van der Waals surface area contributed by atoms with Gasteiger partial charge in [0.2, 0.25) is 0 Å². The van der Waals surface area contributed by atoms with Gasteiger partial charge in [0, 0.05) is 36.6 Å². The van der Waals surface area contributed by atoms with Crippen molar-refractivity contribution in [1.82, 2.24) is 35.1 Å². The zero-order chi connectivity index (χ0) is 23.6. The predicted octanol–water partition coefficient (Wildman–Crippen LogP) is 3.87. The van der Waals surface area contributed by atoms with Crippen molar-refractivity contribution in [2.24, 2.45) is 0 Å². The van der Waals surface area contributed by atoms with Crippen molar-refractivity contribution in [3.63, 3.8) is 0 Å². The molecule has 0 unspecified atom stereocenters. The lowest BCUT2D eigenvalue weighted by Crippen LogP contribution is -2.32. The molecule has 0 aliphatic rings. The maximum Gasteiger partial charge on any atom is 0.252 e. The van der Waals surface area contributed by atoms with Gasteiger partial charge in [-0.1, -0.05) is 13.0 Å². The second kappa shape index (κ2) is 9.23. The summed E-state index contributed by atoms with van der Waals surface area (Å²) in [5, 5.41) is 13.5. The van der Waals surface area contributed by atoms with E-state index in [0.717, 1.165) is 34.3 Å². The molecule has 4 aromatic rings. The lowest BCUT2D eigenvalue weighted by Gasteiger charge is -2.27. The van der Waals surface area contributed by atoms with Crippen LogP contribution in [0.5, 0.6) is 0 Å². The maximum atomic E-state index is 13.0. The van der Waals surface area contributed by atoms with Gasteiger partial charge >= 0.3 is 0 Å². The van der Waals surface area contributed by atoms with Crippen LogP contribution in [0.15, 0.2) is 47.5 Å². The standard InChI is InChI=1S/C25H31N7O/c1-6-25(4,5)32-23(28-29-30-32)16-31(14-19-8-7-9-26-13-19)15-21-12-20-10-17(2)18(3)11-22(20)27-24(21)33/h7-13H,6,14-16H2,1-5H3,(H,27,33). The molecule has 33 heavy (non-hydrogen) atoms. The average Bonchev–Trinajstić information content (AvgIpc) is 3.25. The van der Waals surface area contributed by atoms with Gasteiger partial charge in [0.05, 0.1) is 12.1 Å². The van der Waals surface area contributed by atoms with Gasteiger partial charge < -0.3 is 4.98 Å². The third-order valence-electron chi connectivity index (χ3n) is 6.40. The summed E-state index contributed by atoms with van der Waals surface area (Å²) in [5.74, 6) is 0.773. The summed E-state index contributed by atoms with van der Waals surface area (Å²) in [6.07, 6.45) is 4.51. The van der Waals surface area contributed by atoms with Crippen LogP contribution in [0.3, 0.4) is 0 Å². The maximum absolute atomic E-state index is 13.0. The van der Waals surface area contributed by atoms with Crippen molar-refractivity contribution in [3.05, 3.63) is 81.2 Å². The number of aryl methyl sites for hydroxylation is 2. The summed E-state index contributed by atoms with van der Waals surface area (Å²) in [7, 11) is 0. The van der Waals surface area contributed by atoms with Crippen LogP contribution >= 0.6 is 0 Å². The lowest BCUT2D eigenvalue weighted by atomic mass is 10.0. The first-order valence-corrected chi connectivity index (χ1v) is 11.3. The number of fused-ring (bicyclic) bond motifs is 1. The third kappa shape index (κ3) is 5.01. The van der Waals surface area contributed by atoms with Crippen molar-refractivity contribution < 1.29 is 0 Å². The Labute approximate surface area is 193 Å².